The quantitative estimate of drug-likeness (QED) is 0.304. The molecular formula is C25H21Cl2NO4. The molecule has 32 heavy (non-hydrogen) atoms. The standard InChI is InChI=1S/C25H21Cl2NO4/c1-16(29)18-8-10-19(11-9-18)28-25(30)13-7-17-6-12-23(24(14-17)31-2)32-15-20-21(26)4-3-5-22(20)27/h3-14H,15H2,1-2H3,(H,28,30)/b13-7+. The summed E-state index contributed by atoms with van der Waals surface area (Å²) in [6, 6.07) is 17.3. The van der Waals surface area contributed by atoms with Crippen LogP contribution >= 0.6 is 23.2 Å². The monoisotopic (exact) mass is 469 g/mol. The third-order valence-electron chi connectivity index (χ3n) is 4.61. The Morgan fingerprint density at radius 3 is 2.28 bits per heavy atom. The van der Waals surface area contributed by atoms with Crippen molar-refractivity contribution in [1.82, 2.24) is 0 Å². The average Bonchev–Trinajstić information content (AvgIpc) is 2.78. The van der Waals surface area contributed by atoms with Gasteiger partial charge < -0.3 is 14.8 Å². The van der Waals surface area contributed by atoms with Crippen LogP contribution in [0.4, 0.5) is 5.69 Å². The summed E-state index contributed by atoms with van der Waals surface area (Å²) in [5, 5.41) is 3.80. The van der Waals surface area contributed by atoms with Gasteiger partial charge in [-0.15, -0.1) is 0 Å². The van der Waals surface area contributed by atoms with E-state index in [1.54, 1.807) is 66.7 Å². The number of hydrogen-bond donors (Lipinski definition) is 1. The molecule has 0 saturated heterocycles. The number of Topliss-reactive ketones (excluding diaryl/α,β-unsaturated/α-hetero) is 1. The summed E-state index contributed by atoms with van der Waals surface area (Å²) in [6.07, 6.45) is 3.08. The zero-order valence-corrected chi connectivity index (χ0v) is 19.0. The zero-order chi connectivity index (χ0) is 23.1. The van der Waals surface area contributed by atoms with Gasteiger partial charge in [0.05, 0.1) is 7.11 Å². The van der Waals surface area contributed by atoms with Gasteiger partial charge in [0.2, 0.25) is 5.91 Å². The first-order valence-electron chi connectivity index (χ1n) is 9.71. The SMILES string of the molecule is COc1cc(/C=C/C(=O)Nc2ccc(C(C)=O)cc2)ccc1OCc1c(Cl)cccc1Cl. The third kappa shape index (κ3) is 6.13. The second kappa shape index (κ2) is 10.8. The van der Waals surface area contributed by atoms with Gasteiger partial charge in [-0.25, -0.2) is 0 Å². The van der Waals surface area contributed by atoms with E-state index >= 15 is 0 Å². The molecule has 0 fully saturated rings. The lowest BCUT2D eigenvalue weighted by molar-refractivity contribution is -0.111. The molecule has 0 atom stereocenters. The number of hydrogen-bond acceptors (Lipinski definition) is 4. The first-order valence-corrected chi connectivity index (χ1v) is 10.5. The van der Waals surface area contributed by atoms with Crippen LogP contribution in [0.1, 0.15) is 28.4 Å². The molecule has 0 bridgehead atoms. The van der Waals surface area contributed by atoms with Crippen molar-refractivity contribution in [3.8, 4) is 11.5 Å². The maximum atomic E-state index is 12.2. The third-order valence-corrected chi connectivity index (χ3v) is 5.32. The van der Waals surface area contributed by atoms with Crippen molar-refractivity contribution in [2.75, 3.05) is 12.4 Å². The van der Waals surface area contributed by atoms with Crippen molar-refractivity contribution >= 4 is 46.7 Å². The lowest BCUT2D eigenvalue weighted by atomic mass is 10.1. The molecule has 7 heteroatoms. The minimum absolute atomic E-state index is 0.0286. The summed E-state index contributed by atoms with van der Waals surface area (Å²) in [5.41, 5.74) is 2.64. The largest absolute Gasteiger partial charge is 0.493 e. The molecule has 0 radical (unpaired) electrons. The number of anilines is 1. The van der Waals surface area contributed by atoms with Crippen molar-refractivity contribution in [3.63, 3.8) is 0 Å². The average molecular weight is 470 g/mol. The summed E-state index contributed by atoms with van der Waals surface area (Å²) in [5.74, 6) is 0.707. The van der Waals surface area contributed by atoms with E-state index in [1.807, 2.05) is 0 Å². The maximum Gasteiger partial charge on any atom is 0.248 e. The van der Waals surface area contributed by atoms with Crippen LogP contribution in [0.25, 0.3) is 6.08 Å². The van der Waals surface area contributed by atoms with Crippen LogP contribution in [-0.4, -0.2) is 18.8 Å². The molecule has 0 spiro atoms. The molecule has 0 aliphatic carbocycles. The van der Waals surface area contributed by atoms with Gasteiger partial charge >= 0.3 is 0 Å². The Hall–Kier alpha value is -3.28. The molecule has 3 rings (SSSR count). The van der Waals surface area contributed by atoms with E-state index in [0.717, 1.165) is 5.56 Å². The van der Waals surface area contributed by atoms with Crippen molar-refractivity contribution in [3.05, 3.63) is 93.5 Å². The Labute approximate surface area is 196 Å². The Balaban J connectivity index is 1.65. The van der Waals surface area contributed by atoms with Crippen molar-refractivity contribution in [2.24, 2.45) is 0 Å². The fourth-order valence-electron chi connectivity index (χ4n) is 2.87. The topological polar surface area (TPSA) is 64.6 Å². The summed E-state index contributed by atoms with van der Waals surface area (Å²) >= 11 is 12.4. The van der Waals surface area contributed by atoms with Crippen molar-refractivity contribution in [1.29, 1.82) is 0 Å². The lowest BCUT2D eigenvalue weighted by Gasteiger charge is -2.13. The number of carbonyl (C=O) groups excluding carboxylic acids is 2. The molecule has 0 aliphatic heterocycles. The van der Waals surface area contributed by atoms with Gasteiger partial charge in [0.25, 0.3) is 0 Å². The molecule has 0 heterocycles. The van der Waals surface area contributed by atoms with Gasteiger partial charge in [0.1, 0.15) is 6.61 Å². The number of methoxy groups -OCH3 is 1. The molecular weight excluding hydrogens is 449 g/mol. The number of benzene rings is 3. The maximum absolute atomic E-state index is 12.2. The summed E-state index contributed by atoms with van der Waals surface area (Å²) in [6.45, 7) is 1.68. The zero-order valence-electron chi connectivity index (χ0n) is 17.5. The minimum Gasteiger partial charge on any atom is -0.493 e. The second-order valence-electron chi connectivity index (χ2n) is 6.86. The van der Waals surface area contributed by atoms with E-state index in [0.29, 0.717) is 38.4 Å². The van der Waals surface area contributed by atoms with E-state index in [1.165, 1.54) is 20.1 Å². The summed E-state index contributed by atoms with van der Waals surface area (Å²) in [4.78, 5) is 23.5. The fourth-order valence-corrected chi connectivity index (χ4v) is 3.38. The minimum atomic E-state index is -0.298. The Morgan fingerprint density at radius 1 is 0.969 bits per heavy atom. The molecule has 0 aliphatic rings. The molecule has 1 amide bonds. The van der Waals surface area contributed by atoms with Gasteiger partial charge in [-0.2, -0.15) is 0 Å². The molecule has 3 aromatic rings. The van der Waals surface area contributed by atoms with Crippen LogP contribution < -0.4 is 14.8 Å². The predicted octanol–water partition coefficient (Wildman–Crippen LogP) is 6.44. The summed E-state index contributed by atoms with van der Waals surface area (Å²) in [7, 11) is 1.54. The molecule has 0 saturated carbocycles. The Bertz CT molecular complexity index is 1140. The van der Waals surface area contributed by atoms with Gasteiger partial charge in [-0.1, -0.05) is 35.3 Å². The van der Waals surface area contributed by atoms with Crippen LogP contribution in [0.15, 0.2) is 66.7 Å². The Morgan fingerprint density at radius 2 is 1.66 bits per heavy atom. The van der Waals surface area contributed by atoms with E-state index < -0.39 is 0 Å². The van der Waals surface area contributed by atoms with Crippen LogP contribution in [0, 0.1) is 0 Å². The number of halogens is 2. The highest BCUT2D eigenvalue weighted by Gasteiger charge is 2.10. The van der Waals surface area contributed by atoms with E-state index in [-0.39, 0.29) is 18.3 Å². The highest BCUT2D eigenvalue weighted by atomic mass is 35.5. The smallest absolute Gasteiger partial charge is 0.248 e. The number of carbonyl (C=O) groups is 2. The van der Waals surface area contributed by atoms with Gasteiger partial charge in [-0.05, 0) is 67.1 Å². The van der Waals surface area contributed by atoms with Crippen LogP contribution in [0.3, 0.4) is 0 Å². The van der Waals surface area contributed by atoms with Crippen LogP contribution in [-0.2, 0) is 11.4 Å². The van der Waals surface area contributed by atoms with E-state index in [9.17, 15) is 9.59 Å². The molecule has 1 N–H and O–H groups in total. The lowest BCUT2D eigenvalue weighted by Crippen LogP contribution is -2.07. The number of ether oxygens (including phenoxy) is 2. The number of ketones is 1. The normalized spacial score (nSPS) is 10.8. The predicted molar refractivity (Wildman–Crippen MR) is 128 cm³/mol. The van der Waals surface area contributed by atoms with Crippen molar-refractivity contribution in [2.45, 2.75) is 13.5 Å². The molecule has 5 nitrogen and oxygen atoms in total. The number of rotatable bonds is 8. The fraction of sp³-hybridized carbons (Fsp3) is 0.120. The summed E-state index contributed by atoms with van der Waals surface area (Å²) < 4.78 is 11.3. The second-order valence-corrected chi connectivity index (χ2v) is 7.67. The van der Waals surface area contributed by atoms with Crippen LogP contribution in [0.2, 0.25) is 10.0 Å². The van der Waals surface area contributed by atoms with Gasteiger partial charge in [-0.3, -0.25) is 9.59 Å². The first-order chi connectivity index (χ1) is 15.4. The van der Waals surface area contributed by atoms with Crippen molar-refractivity contribution < 1.29 is 19.1 Å². The molecule has 0 aromatic heterocycles. The van der Waals surface area contributed by atoms with Gasteiger partial charge in [0.15, 0.2) is 17.3 Å². The Kier molecular flexibility index (Phi) is 7.92. The highest BCUT2D eigenvalue weighted by molar-refractivity contribution is 6.35. The van der Waals surface area contributed by atoms with E-state index in [4.69, 9.17) is 32.7 Å². The molecule has 164 valence electrons. The number of nitrogens with one attached hydrogen (secondary N) is 1. The molecule has 3 aromatic carbocycles. The van der Waals surface area contributed by atoms with E-state index in [2.05, 4.69) is 5.32 Å². The van der Waals surface area contributed by atoms with Crippen LogP contribution in [0.5, 0.6) is 11.5 Å². The highest BCUT2D eigenvalue weighted by Crippen LogP contribution is 2.31. The first kappa shape index (κ1) is 23.4. The van der Waals surface area contributed by atoms with Gasteiger partial charge in [0, 0.05) is 32.9 Å². The molecule has 0 unspecified atom stereocenters. The number of amides is 1.